The molecule has 0 radical (unpaired) electrons. The fourth-order valence-electron chi connectivity index (χ4n) is 4.48. The highest BCUT2D eigenvalue weighted by atomic mass is 79.9. The van der Waals surface area contributed by atoms with Crippen molar-refractivity contribution in [3.05, 3.63) is 62.3 Å². The second-order valence-corrected chi connectivity index (χ2v) is 11.2. The number of rotatable bonds is 3. The molecule has 2 heterocycles. The van der Waals surface area contributed by atoms with Gasteiger partial charge in [-0.3, -0.25) is 19.5 Å². The van der Waals surface area contributed by atoms with E-state index in [9.17, 15) is 9.59 Å². The van der Waals surface area contributed by atoms with Gasteiger partial charge in [-0.25, -0.2) is 9.86 Å². The van der Waals surface area contributed by atoms with Gasteiger partial charge in [0, 0.05) is 48.9 Å². The Morgan fingerprint density at radius 3 is 2.46 bits per heavy atom. The van der Waals surface area contributed by atoms with Crippen molar-refractivity contribution in [1.82, 2.24) is 19.8 Å². The first-order chi connectivity index (χ1) is 17.0. The van der Waals surface area contributed by atoms with Crippen molar-refractivity contribution in [2.24, 2.45) is 0 Å². The molecule has 1 saturated heterocycles. The van der Waals surface area contributed by atoms with Gasteiger partial charge in [0.25, 0.3) is 5.91 Å². The molecular formula is C27H34BrClN4O4. The number of nitrogens with zero attached hydrogens (tertiary/aromatic N) is 4. The minimum absolute atomic E-state index is 0. The SMILES string of the molecule is C.CON(C)C(=O)C1=Cc2cc(Br)cnc2C(N2CCN(C(=O)OC(C)(C)C)CC2)c2ccc(Cl)cc21. The quantitative estimate of drug-likeness (QED) is 0.428. The van der Waals surface area contributed by atoms with Crippen LogP contribution in [0, 0.1) is 0 Å². The lowest BCUT2D eigenvalue weighted by Gasteiger charge is -2.40. The first kappa shape index (κ1) is 29.1. The Morgan fingerprint density at radius 2 is 1.84 bits per heavy atom. The third kappa shape index (κ3) is 6.34. The summed E-state index contributed by atoms with van der Waals surface area (Å²) in [6.45, 7) is 7.86. The highest BCUT2D eigenvalue weighted by Crippen LogP contribution is 2.41. The van der Waals surface area contributed by atoms with Crippen LogP contribution in [0.15, 0.2) is 34.9 Å². The molecule has 0 bridgehead atoms. The van der Waals surface area contributed by atoms with Crippen molar-refractivity contribution in [3.63, 3.8) is 0 Å². The van der Waals surface area contributed by atoms with Crippen LogP contribution in [0.4, 0.5) is 4.79 Å². The number of carbonyl (C=O) groups is 2. The van der Waals surface area contributed by atoms with Gasteiger partial charge in [-0.15, -0.1) is 0 Å². The lowest BCUT2D eigenvalue weighted by atomic mass is 9.93. The third-order valence-electron chi connectivity index (χ3n) is 6.20. The number of likely N-dealkylation sites (N-methyl/N-ethyl adjacent to an activating group) is 1. The predicted octanol–water partition coefficient (Wildman–Crippen LogP) is 5.65. The lowest BCUT2D eigenvalue weighted by molar-refractivity contribution is -0.161. The summed E-state index contributed by atoms with van der Waals surface area (Å²) in [5.41, 5.74) is 3.22. The van der Waals surface area contributed by atoms with Crippen LogP contribution in [0.5, 0.6) is 0 Å². The molecule has 8 nitrogen and oxygen atoms in total. The fourth-order valence-corrected chi connectivity index (χ4v) is 5.00. The van der Waals surface area contributed by atoms with Gasteiger partial charge in [0.15, 0.2) is 0 Å². The van der Waals surface area contributed by atoms with E-state index in [1.807, 2.05) is 51.1 Å². The maximum atomic E-state index is 13.4. The van der Waals surface area contributed by atoms with Gasteiger partial charge in [-0.1, -0.05) is 25.1 Å². The number of fused-ring (bicyclic) bond motifs is 2. The molecule has 1 atom stereocenters. The van der Waals surface area contributed by atoms with Crippen molar-refractivity contribution in [2.45, 2.75) is 39.8 Å². The Morgan fingerprint density at radius 1 is 1.16 bits per heavy atom. The molecule has 0 saturated carbocycles. The molecule has 1 unspecified atom stereocenters. The zero-order valence-corrected chi connectivity index (χ0v) is 23.4. The molecule has 0 spiro atoms. The summed E-state index contributed by atoms with van der Waals surface area (Å²) < 4.78 is 6.37. The molecule has 2 aromatic rings. The molecule has 37 heavy (non-hydrogen) atoms. The Bertz CT molecular complexity index is 1210. The van der Waals surface area contributed by atoms with Crippen LogP contribution in [0.2, 0.25) is 5.02 Å². The minimum atomic E-state index is -0.548. The van der Waals surface area contributed by atoms with Gasteiger partial charge in [-0.05, 0) is 77.7 Å². The molecule has 10 heteroatoms. The van der Waals surface area contributed by atoms with Gasteiger partial charge in [0.2, 0.25) is 0 Å². The van der Waals surface area contributed by atoms with E-state index < -0.39 is 5.60 Å². The Labute approximate surface area is 232 Å². The number of hydrogen-bond acceptors (Lipinski definition) is 6. The van der Waals surface area contributed by atoms with Crippen molar-refractivity contribution in [2.75, 3.05) is 40.3 Å². The zero-order chi connectivity index (χ0) is 26.2. The number of aromatic nitrogens is 1. The summed E-state index contributed by atoms with van der Waals surface area (Å²) in [6, 6.07) is 7.32. The molecule has 1 aliphatic heterocycles. The summed E-state index contributed by atoms with van der Waals surface area (Å²) in [6.07, 6.45) is 3.30. The van der Waals surface area contributed by atoms with Crippen molar-refractivity contribution < 1.29 is 19.2 Å². The van der Waals surface area contributed by atoms with E-state index >= 15 is 0 Å². The van der Waals surface area contributed by atoms with Crippen LogP contribution in [0.1, 0.15) is 56.6 Å². The van der Waals surface area contributed by atoms with E-state index in [4.69, 9.17) is 26.2 Å². The lowest BCUT2D eigenvalue weighted by Crippen LogP contribution is -2.51. The summed E-state index contributed by atoms with van der Waals surface area (Å²) in [5, 5.41) is 1.72. The summed E-state index contributed by atoms with van der Waals surface area (Å²) >= 11 is 9.93. The van der Waals surface area contributed by atoms with Crippen LogP contribution in [0.3, 0.4) is 0 Å². The zero-order valence-electron chi connectivity index (χ0n) is 21.0. The monoisotopic (exact) mass is 592 g/mol. The highest BCUT2D eigenvalue weighted by Gasteiger charge is 2.36. The van der Waals surface area contributed by atoms with E-state index in [-0.39, 0.29) is 25.5 Å². The van der Waals surface area contributed by atoms with Gasteiger partial charge in [0.05, 0.1) is 24.4 Å². The first-order valence-corrected chi connectivity index (χ1v) is 12.9. The summed E-state index contributed by atoms with van der Waals surface area (Å²) in [4.78, 5) is 40.0. The van der Waals surface area contributed by atoms with Crippen LogP contribution in [-0.2, 0) is 14.4 Å². The smallest absolute Gasteiger partial charge is 0.410 e. The number of carbonyl (C=O) groups excluding carboxylic acids is 2. The summed E-state index contributed by atoms with van der Waals surface area (Å²) in [5.74, 6) is -0.290. The van der Waals surface area contributed by atoms with Crippen molar-refractivity contribution >= 4 is 51.2 Å². The average Bonchev–Trinajstić information content (AvgIpc) is 2.96. The number of hydroxylamine groups is 2. The second-order valence-electron chi connectivity index (χ2n) is 9.81. The number of halogens is 2. The Kier molecular flexibility index (Phi) is 9.06. The standard InChI is InChI=1S/C26H30BrClN4O4.CH4/c1-26(2,3)36-25(34)32-10-8-31(9-11-32)23-19-7-6-18(28)14-20(19)21(24(33)30(4)35-5)13-16-12-17(27)15-29-22(16)23;/h6-7,12-15,23H,8-11H2,1-5H3;1H4. The molecule has 4 rings (SSSR count). The van der Waals surface area contributed by atoms with Crippen LogP contribution >= 0.6 is 27.5 Å². The Hall–Kier alpha value is -2.46. The average molecular weight is 594 g/mol. The molecule has 1 fully saturated rings. The normalized spacial score (nSPS) is 17.5. The number of benzene rings is 1. The molecule has 1 aromatic carbocycles. The second kappa shape index (κ2) is 11.5. The number of piperazine rings is 1. The Balaban J connectivity index is 0.00000380. The highest BCUT2D eigenvalue weighted by molar-refractivity contribution is 9.10. The van der Waals surface area contributed by atoms with E-state index in [0.29, 0.717) is 36.8 Å². The first-order valence-electron chi connectivity index (χ1n) is 11.7. The number of ether oxygens (including phenoxy) is 1. The van der Waals surface area contributed by atoms with Gasteiger partial charge in [0.1, 0.15) is 5.60 Å². The number of hydrogen-bond donors (Lipinski definition) is 0. The van der Waals surface area contributed by atoms with Gasteiger partial charge in [-0.2, -0.15) is 0 Å². The molecule has 1 aromatic heterocycles. The van der Waals surface area contributed by atoms with Gasteiger partial charge < -0.3 is 9.64 Å². The largest absolute Gasteiger partial charge is 0.444 e. The van der Waals surface area contributed by atoms with E-state index in [0.717, 1.165) is 26.9 Å². The molecule has 200 valence electrons. The van der Waals surface area contributed by atoms with Crippen LogP contribution in [0.25, 0.3) is 11.6 Å². The molecule has 2 aliphatic rings. The molecular weight excluding hydrogens is 560 g/mol. The summed E-state index contributed by atoms with van der Waals surface area (Å²) in [7, 11) is 3.03. The topological polar surface area (TPSA) is 75.2 Å². The predicted molar refractivity (Wildman–Crippen MR) is 149 cm³/mol. The third-order valence-corrected chi connectivity index (χ3v) is 6.87. The minimum Gasteiger partial charge on any atom is -0.444 e. The van der Waals surface area contributed by atoms with Gasteiger partial charge >= 0.3 is 6.09 Å². The van der Waals surface area contributed by atoms with Crippen molar-refractivity contribution in [1.29, 1.82) is 0 Å². The number of pyridine rings is 1. The molecule has 1 aliphatic carbocycles. The van der Waals surface area contributed by atoms with E-state index in [1.54, 1.807) is 18.1 Å². The maximum Gasteiger partial charge on any atom is 0.410 e. The van der Waals surface area contributed by atoms with Crippen LogP contribution in [-0.4, -0.2) is 77.8 Å². The van der Waals surface area contributed by atoms with Crippen molar-refractivity contribution in [3.8, 4) is 0 Å². The molecule has 0 N–H and O–H groups in total. The van der Waals surface area contributed by atoms with Crippen LogP contribution < -0.4 is 0 Å². The van der Waals surface area contributed by atoms with E-state index in [2.05, 4.69) is 20.8 Å². The molecule has 2 amide bonds. The maximum absolute atomic E-state index is 13.4. The van der Waals surface area contributed by atoms with E-state index in [1.165, 1.54) is 12.2 Å². The fraction of sp³-hybridized carbons (Fsp3) is 0.444. The number of amides is 2.